The second-order valence-corrected chi connectivity index (χ2v) is 7.38. The first-order chi connectivity index (χ1) is 8.73. The number of hydrogen-bond acceptors (Lipinski definition) is 0. The van der Waals surface area contributed by atoms with Crippen molar-refractivity contribution in [1.29, 1.82) is 0 Å². The summed E-state index contributed by atoms with van der Waals surface area (Å²) in [5.74, 6) is 2.19. The van der Waals surface area contributed by atoms with Gasteiger partial charge in [-0.25, -0.2) is 0 Å². The van der Waals surface area contributed by atoms with Gasteiger partial charge in [-0.3, -0.25) is 0 Å². The van der Waals surface area contributed by atoms with E-state index in [-0.39, 0.29) is 5.41 Å². The zero-order valence-electron chi connectivity index (χ0n) is 14.4. The molecule has 0 rings (SSSR count). The molecule has 0 aliphatic carbocycles. The van der Waals surface area contributed by atoms with E-state index in [2.05, 4.69) is 61.1 Å². The maximum Gasteiger partial charge on any atom is -0.0136 e. The van der Waals surface area contributed by atoms with E-state index in [0.717, 1.165) is 12.3 Å². The molecule has 0 saturated heterocycles. The van der Waals surface area contributed by atoms with Crippen LogP contribution < -0.4 is 0 Å². The normalized spacial score (nSPS) is 16.5. The molecule has 0 aromatic carbocycles. The fourth-order valence-corrected chi connectivity index (χ4v) is 2.74. The van der Waals surface area contributed by atoms with Crippen LogP contribution in [-0.2, 0) is 0 Å². The Morgan fingerprint density at radius 1 is 1.16 bits per heavy atom. The second kappa shape index (κ2) is 8.61. The summed E-state index contributed by atoms with van der Waals surface area (Å²) >= 11 is 0. The highest BCUT2D eigenvalue weighted by atomic mass is 14.3. The fourth-order valence-electron chi connectivity index (χ4n) is 2.74. The smallest absolute Gasteiger partial charge is 0.0136 e. The molecule has 0 aromatic heterocycles. The number of allylic oxidation sites excluding steroid dienone is 3. The minimum atomic E-state index is 0.256. The van der Waals surface area contributed by atoms with E-state index in [1.807, 2.05) is 6.08 Å². The van der Waals surface area contributed by atoms with Crippen molar-refractivity contribution in [3.63, 3.8) is 0 Å². The molecule has 0 bridgehead atoms. The number of hydrogen-bond donors (Lipinski definition) is 0. The molecule has 0 spiro atoms. The Balaban J connectivity index is 5.09. The average Bonchev–Trinajstić information content (AvgIpc) is 2.29. The molecule has 2 atom stereocenters. The van der Waals surface area contributed by atoms with Gasteiger partial charge >= 0.3 is 0 Å². The Hall–Kier alpha value is -0.520. The molecule has 0 saturated carbocycles. The second-order valence-electron chi connectivity index (χ2n) is 7.38. The fraction of sp³-hybridized carbons (Fsp3) is 0.789. The van der Waals surface area contributed by atoms with Crippen molar-refractivity contribution < 1.29 is 0 Å². The summed E-state index contributed by atoms with van der Waals surface area (Å²) in [4.78, 5) is 0. The van der Waals surface area contributed by atoms with E-state index < -0.39 is 0 Å². The lowest BCUT2D eigenvalue weighted by Crippen LogP contribution is -2.19. The topological polar surface area (TPSA) is 0 Å². The largest absolute Gasteiger partial charge is 0.103 e. The lowest BCUT2D eigenvalue weighted by molar-refractivity contribution is 0.305. The molecule has 0 aliphatic heterocycles. The molecule has 0 aromatic rings. The third-order valence-corrected chi connectivity index (χ3v) is 4.16. The standard InChI is InChI=1S/C19H36/c1-9-11-13-16(5)18(15(3)4)14-17(12-10-2)19(6,7)8/h10,14-16,18H,2,9,11-13H2,1,3-8H3. The van der Waals surface area contributed by atoms with Crippen LogP contribution in [0.3, 0.4) is 0 Å². The van der Waals surface area contributed by atoms with E-state index in [0.29, 0.717) is 11.8 Å². The van der Waals surface area contributed by atoms with Crippen molar-refractivity contribution in [2.75, 3.05) is 0 Å². The van der Waals surface area contributed by atoms with E-state index >= 15 is 0 Å². The van der Waals surface area contributed by atoms with Crippen LogP contribution in [0.25, 0.3) is 0 Å². The minimum absolute atomic E-state index is 0.256. The van der Waals surface area contributed by atoms with Crippen LogP contribution >= 0.6 is 0 Å². The SMILES string of the molecule is C=CCC(=CC(C(C)C)C(C)CCCC)C(C)(C)C. The molecule has 0 amide bonds. The Labute approximate surface area is 122 Å². The van der Waals surface area contributed by atoms with Gasteiger partial charge < -0.3 is 0 Å². The monoisotopic (exact) mass is 264 g/mol. The van der Waals surface area contributed by atoms with Gasteiger partial charge in [-0.15, -0.1) is 6.58 Å². The molecule has 0 N–H and O–H groups in total. The van der Waals surface area contributed by atoms with Crippen molar-refractivity contribution in [3.05, 3.63) is 24.3 Å². The predicted octanol–water partition coefficient (Wildman–Crippen LogP) is 6.63. The Kier molecular flexibility index (Phi) is 8.38. The quantitative estimate of drug-likeness (QED) is 0.431. The molecule has 0 nitrogen and oxygen atoms in total. The van der Waals surface area contributed by atoms with Crippen molar-refractivity contribution in [1.82, 2.24) is 0 Å². The lowest BCUT2D eigenvalue weighted by Gasteiger charge is -2.30. The Bertz CT molecular complexity index is 275. The maximum atomic E-state index is 3.92. The van der Waals surface area contributed by atoms with Crippen LogP contribution in [0.4, 0.5) is 0 Å². The molecule has 0 fully saturated rings. The van der Waals surface area contributed by atoms with Crippen molar-refractivity contribution in [3.8, 4) is 0 Å². The molecule has 0 heterocycles. The summed E-state index contributed by atoms with van der Waals surface area (Å²) in [7, 11) is 0. The first-order valence-electron chi connectivity index (χ1n) is 8.06. The summed E-state index contributed by atoms with van der Waals surface area (Å²) in [6.07, 6.45) is 9.63. The molecule has 19 heavy (non-hydrogen) atoms. The predicted molar refractivity (Wildman–Crippen MR) is 89.4 cm³/mol. The van der Waals surface area contributed by atoms with E-state index in [9.17, 15) is 0 Å². The summed E-state index contributed by atoms with van der Waals surface area (Å²) < 4.78 is 0. The summed E-state index contributed by atoms with van der Waals surface area (Å²) in [6, 6.07) is 0. The van der Waals surface area contributed by atoms with Crippen molar-refractivity contribution in [2.24, 2.45) is 23.2 Å². The molecular formula is C19H36. The van der Waals surface area contributed by atoms with Gasteiger partial charge in [-0.2, -0.15) is 0 Å². The lowest BCUT2D eigenvalue weighted by atomic mass is 9.76. The average molecular weight is 264 g/mol. The minimum Gasteiger partial charge on any atom is -0.103 e. The van der Waals surface area contributed by atoms with E-state index in [4.69, 9.17) is 0 Å². The van der Waals surface area contributed by atoms with Gasteiger partial charge in [-0.1, -0.05) is 85.5 Å². The molecule has 2 unspecified atom stereocenters. The van der Waals surface area contributed by atoms with Crippen molar-refractivity contribution in [2.45, 2.75) is 74.1 Å². The van der Waals surface area contributed by atoms with Crippen LogP contribution in [-0.4, -0.2) is 0 Å². The van der Waals surface area contributed by atoms with Gasteiger partial charge in [0.05, 0.1) is 0 Å². The summed E-state index contributed by atoms with van der Waals surface area (Å²) in [6.45, 7) is 20.3. The highest BCUT2D eigenvalue weighted by Gasteiger charge is 2.22. The van der Waals surface area contributed by atoms with E-state index in [1.165, 1.54) is 19.3 Å². The molecule has 0 aliphatic rings. The van der Waals surface area contributed by atoms with Crippen LogP contribution in [0.5, 0.6) is 0 Å². The Morgan fingerprint density at radius 2 is 1.74 bits per heavy atom. The summed E-state index contributed by atoms with van der Waals surface area (Å²) in [5.41, 5.74) is 1.80. The number of unbranched alkanes of at least 4 members (excludes halogenated alkanes) is 1. The van der Waals surface area contributed by atoms with Gasteiger partial charge in [0.2, 0.25) is 0 Å². The molecule has 0 heteroatoms. The first kappa shape index (κ1) is 18.5. The van der Waals surface area contributed by atoms with Crippen LogP contribution in [0.15, 0.2) is 24.3 Å². The van der Waals surface area contributed by atoms with Crippen molar-refractivity contribution >= 4 is 0 Å². The van der Waals surface area contributed by atoms with Gasteiger partial charge in [0.15, 0.2) is 0 Å². The van der Waals surface area contributed by atoms with Crippen LogP contribution in [0.2, 0.25) is 0 Å². The van der Waals surface area contributed by atoms with Gasteiger partial charge in [-0.05, 0) is 29.6 Å². The highest BCUT2D eigenvalue weighted by molar-refractivity contribution is 5.16. The zero-order chi connectivity index (χ0) is 15.1. The third-order valence-electron chi connectivity index (χ3n) is 4.16. The van der Waals surface area contributed by atoms with Gasteiger partial charge in [0, 0.05) is 0 Å². The molecule has 112 valence electrons. The van der Waals surface area contributed by atoms with Crippen LogP contribution in [0, 0.1) is 23.2 Å². The molecule has 0 radical (unpaired) electrons. The zero-order valence-corrected chi connectivity index (χ0v) is 14.4. The number of rotatable bonds is 8. The van der Waals surface area contributed by atoms with Crippen LogP contribution in [0.1, 0.15) is 74.1 Å². The maximum absolute atomic E-state index is 3.92. The molecular weight excluding hydrogens is 228 g/mol. The third kappa shape index (κ3) is 6.99. The van der Waals surface area contributed by atoms with E-state index in [1.54, 1.807) is 5.57 Å². The highest BCUT2D eigenvalue weighted by Crippen LogP contribution is 2.34. The summed E-state index contributed by atoms with van der Waals surface area (Å²) in [5, 5.41) is 0. The van der Waals surface area contributed by atoms with Gasteiger partial charge in [0.25, 0.3) is 0 Å². The van der Waals surface area contributed by atoms with Gasteiger partial charge in [0.1, 0.15) is 0 Å². The first-order valence-corrected chi connectivity index (χ1v) is 8.06. The Morgan fingerprint density at radius 3 is 2.11 bits per heavy atom.